The van der Waals surface area contributed by atoms with Gasteiger partial charge in [-0.25, -0.2) is 0 Å². The molecular formula is C11H17NO2S. The van der Waals surface area contributed by atoms with Crippen molar-refractivity contribution in [2.45, 2.75) is 32.2 Å². The number of hydrogen-bond donors (Lipinski definition) is 1. The van der Waals surface area contributed by atoms with Gasteiger partial charge in [0.15, 0.2) is 5.79 Å². The topological polar surface area (TPSA) is 30.5 Å². The Morgan fingerprint density at radius 2 is 2.20 bits per heavy atom. The van der Waals surface area contributed by atoms with E-state index in [9.17, 15) is 0 Å². The predicted octanol–water partition coefficient (Wildman–Crippen LogP) is 1.99. The fraction of sp³-hybridized carbons (Fsp3) is 0.636. The molecular weight excluding hydrogens is 210 g/mol. The van der Waals surface area contributed by atoms with Crippen LogP contribution in [0.3, 0.4) is 0 Å². The number of hydrogen-bond acceptors (Lipinski definition) is 4. The van der Waals surface area contributed by atoms with Crippen LogP contribution in [0.4, 0.5) is 0 Å². The molecule has 0 bridgehead atoms. The van der Waals surface area contributed by atoms with Gasteiger partial charge >= 0.3 is 0 Å². The zero-order valence-corrected chi connectivity index (χ0v) is 9.97. The summed E-state index contributed by atoms with van der Waals surface area (Å²) in [5.41, 5.74) is 0. The van der Waals surface area contributed by atoms with Gasteiger partial charge in [0.1, 0.15) is 0 Å². The minimum Gasteiger partial charge on any atom is -0.349 e. The molecule has 0 aromatic carbocycles. The maximum atomic E-state index is 5.57. The van der Waals surface area contributed by atoms with Gasteiger partial charge in [0.2, 0.25) is 0 Å². The van der Waals surface area contributed by atoms with Crippen molar-refractivity contribution in [3.05, 3.63) is 22.4 Å². The third-order valence-electron chi connectivity index (χ3n) is 2.41. The van der Waals surface area contributed by atoms with Crippen LogP contribution in [0.2, 0.25) is 0 Å². The van der Waals surface area contributed by atoms with E-state index in [1.165, 1.54) is 4.88 Å². The minimum absolute atomic E-state index is 0.306. The summed E-state index contributed by atoms with van der Waals surface area (Å²) in [5, 5.41) is 5.51. The fourth-order valence-corrected chi connectivity index (χ4v) is 2.12. The van der Waals surface area contributed by atoms with Gasteiger partial charge in [0.25, 0.3) is 0 Å². The number of ether oxygens (including phenoxy) is 2. The van der Waals surface area contributed by atoms with E-state index in [0.717, 1.165) is 19.8 Å². The molecule has 1 aromatic heterocycles. The van der Waals surface area contributed by atoms with Gasteiger partial charge in [0.05, 0.1) is 19.3 Å². The number of nitrogens with one attached hydrogen (secondary N) is 1. The Morgan fingerprint density at radius 1 is 1.47 bits per heavy atom. The Morgan fingerprint density at radius 3 is 2.80 bits per heavy atom. The van der Waals surface area contributed by atoms with Gasteiger partial charge < -0.3 is 14.8 Å². The quantitative estimate of drug-likeness (QED) is 0.856. The largest absolute Gasteiger partial charge is 0.349 e. The molecule has 0 radical (unpaired) electrons. The summed E-state index contributed by atoms with van der Waals surface area (Å²) in [6, 6.07) is 4.50. The van der Waals surface area contributed by atoms with Gasteiger partial charge in [-0.05, 0) is 25.3 Å². The second-order valence-electron chi connectivity index (χ2n) is 4.18. The maximum absolute atomic E-state index is 5.57. The van der Waals surface area contributed by atoms with Crippen molar-refractivity contribution in [1.82, 2.24) is 5.32 Å². The fourth-order valence-electron chi connectivity index (χ4n) is 1.47. The van der Waals surface area contributed by atoms with Crippen LogP contribution in [0.15, 0.2) is 17.5 Å². The molecule has 0 aliphatic carbocycles. The summed E-state index contributed by atoms with van der Waals surface area (Å²) in [5.74, 6) is -0.416. The molecule has 0 saturated carbocycles. The summed E-state index contributed by atoms with van der Waals surface area (Å²) in [6.45, 7) is 6.23. The highest BCUT2D eigenvalue weighted by atomic mass is 32.1. The van der Waals surface area contributed by atoms with Crippen LogP contribution in [0.5, 0.6) is 0 Å². The summed E-state index contributed by atoms with van der Waals surface area (Å²) >= 11 is 1.77. The Hall–Kier alpha value is -0.420. The monoisotopic (exact) mass is 227 g/mol. The summed E-state index contributed by atoms with van der Waals surface area (Å²) in [4.78, 5) is 1.35. The molecule has 1 N–H and O–H groups in total. The Labute approximate surface area is 94.4 Å². The highest BCUT2D eigenvalue weighted by molar-refractivity contribution is 7.09. The summed E-state index contributed by atoms with van der Waals surface area (Å²) in [7, 11) is 0. The average Bonchev–Trinajstić information content (AvgIpc) is 2.69. The first-order valence-electron chi connectivity index (χ1n) is 5.19. The SMILES string of the molecule is CC1(C)OCC(NCc2cccs2)CO1. The lowest BCUT2D eigenvalue weighted by Gasteiger charge is -2.35. The minimum atomic E-state index is -0.416. The first-order chi connectivity index (χ1) is 7.16. The first kappa shape index (κ1) is 11.1. The first-order valence-corrected chi connectivity index (χ1v) is 6.07. The Balaban J connectivity index is 1.73. The van der Waals surface area contributed by atoms with Gasteiger partial charge in [0, 0.05) is 11.4 Å². The highest BCUT2D eigenvalue weighted by Crippen LogP contribution is 2.17. The molecule has 1 aliphatic heterocycles. The third-order valence-corrected chi connectivity index (χ3v) is 3.29. The summed E-state index contributed by atoms with van der Waals surface area (Å²) < 4.78 is 11.1. The molecule has 0 unspecified atom stereocenters. The third kappa shape index (κ3) is 3.28. The van der Waals surface area contributed by atoms with Gasteiger partial charge in [-0.15, -0.1) is 11.3 Å². The van der Waals surface area contributed by atoms with Crippen molar-refractivity contribution in [3.63, 3.8) is 0 Å². The molecule has 1 saturated heterocycles. The van der Waals surface area contributed by atoms with E-state index in [0.29, 0.717) is 6.04 Å². The molecule has 1 aliphatic rings. The zero-order valence-electron chi connectivity index (χ0n) is 9.16. The van der Waals surface area contributed by atoms with E-state index in [1.54, 1.807) is 11.3 Å². The molecule has 1 aromatic rings. The van der Waals surface area contributed by atoms with Gasteiger partial charge in [-0.1, -0.05) is 6.07 Å². The molecule has 2 heterocycles. The van der Waals surface area contributed by atoms with E-state index in [4.69, 9.17) is 9.47 Å². The van der Waals surface area contributed by atoms with Crippen molar-refractivity contribution in [3.8, 4) is 0 Å². The second kappa shape index (κ2) is 4.61. The molecule has 15 heavy (non-hydrogen) atoms. The Kier molecular flexibility index (Phi) is 3.41. The molecule has 0 spiro atoms. The van der Waals surface area contributed by atoms with E-state index in [1.807, 2.05) is 13.8 Å². The van der Waals surface area contributed by atoms with E-state index < -0.39 is 5.79 Å². The predicted molar refractivity (Wildman–Crippen MR) is 60.9 cm³/mol. The molecule has 2 rings (SSSR count). The smallest absolute Gasteiger partial charge is 0.162 e. The lowest BCUT2D eigenvalue weighted by Crippen LogP contribution is -2.48. The van der Waals surface area contributed by atoms with Crippen molar-refractivity contribution in [1.29, 1.82) is 0 Å². The highest BCUT2D eigenvalue weighted by Gasteiger charge is 2.27. The number of thiophene rings is 1. The average molecular weight is 227 g/mol. The molecule has 0 amide bonds. The second-order valence-corrected chi connectivity index (χ2v) is 5.21. The van der Waals surface area contributed by atoms with E-state index in [-0.39, 0.29) is 0 Å². The summed E-state index contributed by atoms with van der Waals surface area (Å²) in [6.07, 6.45) is 0. The maximum Gasteiger partial charge on any atom is 0.162 e. The number of rotatable bonds is 3. The van der Waals surface area contributed by atoms with Crippen molar-refractivity contribution >= 4 is 11.3 Å². The van der Waals surface area contributed by atoms with Crippen LogP contribution in [0.1, 0.15) is 18.7 Å². The van der Waals surface area contributed by atoms with Crippen LogP contribution in [-0.4, -0.2) is 25.0 Å². The molecule has 0 atom stereocenters. The standard InChI is InChI=1S/C11H17NO2S/c1-11(2)13-7-9(8-14-11)12-6-10-4-3-5-15-10/h3-5,9,12H,6-8H2,1-2H3. The van der Waals surface area contributed by atoms with Crippen molar-refractivity contribution in [2.75, 3.05) is 13.2 Å². The van der Waals surface area contributed by atoms with Gasteiger partial charge in [-0.3, -0.25) is 0 Å². The Bertz CT molecular complexity index is 288. The molecule has 4 heteroatoms. The van der Waals surface area contributed by atoms with Crippen LogP contribution in [0.25, 0.3) is 0 Å². The van der Waals surface area contributed by atoms with Crippen LogP contribution in [-0.2, 0) is 16.0 Å². The van der Waals surface area contributed by atoms with Gasteiger partial charge in [-0.2, -0.15) is 0 Å². The zero-order chi connectivity index (χ0) is 10.7. The van der Waals surface area contributed by atoms with Crippen LogP contribution in [0, 0.1) is 0 Å². The van der Waals surface area contributed by atoms with Crippen LogP contribution < -0.4 is 5.32 Å². The lowest BCUT2D eigenvalue weighted by molar-refractivity contribution is -0.253. The van der Waals surface area contributed by atoms with E-state index in [2.05, 4.69) is 22.8 Å². The molecule has 3 nitrogen and oxygen atoms in total. The molecule has 1 fully saturated rings. The van der Waals surface area contributed by atoms with Crippen LogP contribution >= 0.6 is 11.3 Å². The lowest BCUT2D eigenvalue weighted by atomic mass is 10.2. The van der Waals surface area contributed by atoms with Crippen molar-refractivity contribution in [2.24, 2.45) is 0 Å². The van der Waals surface area contributed by atoms with Crippen molar-refractivity contribution < 1.29 is 9.47 Å². The normalized spacial score (nSPS) is 21.7. The van der Waals surface area contributed by atoms with E-state index >= 15 is 0 Å². The molecule has 84 valence electrons.